The van der Waals surface area contributed by atoms with Crippen molar-refractivity contribution in [2.75, 3.05) is 86.2 Å². The molecule has 3 aliphatic heterocycles. The average Bonchev–Trinajstić information content (AvgIpc) is 3.32. The maximum Gasteiger partial charge on any atom is 0.163 e. The summed E-state index contributed by atoms with van der Waals surface area (Å²) in [7, 11) is 1.73. The molecule has 0 aromatic rings. The summed E-state index contributed by atoms with van der Waals surface area (Å²) in [5, 5.41) is 0. The third-order valence-electron chi connectivity index (χ3n) is 6.12. The molecule has 10 heteroatoms. The van der Waals surface area contributed by atoms with Gasteiger partial charge < -0.3 is 42.6 Å². The summed E-state index contributed by atoms with van der Waals surface area (Å²) in [6, 6.07) is 0. The van der Waals surface area contributed by atoms with Crippen LogP contribution in [-0.2, 0) is 42.6 Å². The lowest BCUT2D eigenvalue weighted by Gasteiger charge is -2.34. The van der Waals surface area contributed by atoms with Crippen LogP contribution in [0.2, 0.25) is 0 Å². The van der Waals surface area contributed by atoms with Crippen LogP contribution < -0.4 is 0 Å². The molecule has 0 radical (unpaired) electrons. The van der Waals surface area contributed by atoms with Gasteiger partial charge in [-0.15, -0.1) is 0 Å². The third kappa shape index (κ3) is 9.24. The van der Waals surface area contributed by atoms with Crippen molar-refractivity contribution in [1.82, 2.24) is 4.90 Å². The highest BCUT2D eigenvalue weighted by Crippen LogP contribution is 2.32. The van der Waals surface area contributed by atoms with Crippen LogP contribution in [0.5, 0.6) is 0 Å². The first-order chi connectivity index (χ1) is 16.3. The minimum atomic E-state index is -0.673. The van der Waals surface area contributed by atoms with E-state index in [2.05, 4.69) is 4.90 Å². The van der Waals surface area contributed by atoms with Crippen molar-refractivity contribution in [2.45, 2.75) is 70.1 Å². The van der Waals surface area contributed by atoms with Gasteiger partial charge in [0.2, 0.25) is 0 Å². The minimum absolute atomic E-state index is 0.291. The summed E-state index contributed by atoms with van der Waals surface area (Å²) in [5.74, 6) is -1.35. The van der Waals surface area contributed by atoms with Crippen molar-refractivity contribution < 1.29 is 42.6 Å². The Balaban J connectivity index is 1.64. The second-order valence-electron chi connectivity index (χ2n) is 9.82. The molecule has 4 atom stereocenters. The van der Waals surface area contributed by atoms with Gasteiger partial charge in [0.25, 0.3) is 0 Å². The third-order valence-corrected chi connectivity index (χ3v) is 6.12. The lowest BCUT2D eigenvalue weighted by molar-refractivity contribution is -0.207. The predicted octanol–water partition coefficient (Wildman–Crippen LogP) is 1.45. The summed E-state index contributed by atoms with van der Waals surface area (Å²) >= 11 is 0. The Bertz CT molecular complexity index is 533. The molecule has 0 aromatic heterocycles. The van der Waals surface area contributed by atoms with E-state index in [9.17, 15) is 0 Å². The number of hydrogen-bond acceptors (Lipinski definition) is 10. The first kappa shape index (κ1) is 28.2. The van der Waals surface area contributed by atoms with Crippen molar-refractivity contribution in [3.63, 3.8) is 0 Å². The molecular weight excluding hydrogens is 446 g/mol. The van der Waals surface area contributed by atoms with Crippen LogP contribution in [0.3, 0.4) is 0 Å². The maximum atomic E-state index is 6.33. The average molecular weight is 492 g/mol. The van der Waals surface area contributed by atoms with Gasteiger partial charge in [0.1, 0.15) is 24.4 Å². The van der Waals surface area contributed by atoms with Gasteiger partial charge in [-0.25, -0.2) is 0 Å². The first-order valence-electron chi connectivity index (χ1n) is 12.5. The fourth-order valence-electron chi connectivity index (χ4n) is 4.43. The summed E-state index contributed by atoms with van der Waals surface area (Å²) in [5.41, 5.74) is 0. The van der Waals surface area contributed by atoms with Crippen LogP contribution in [0.25, 0.3) is 0 Å². The molecule has 3 fully saturated rings. The summed E-state index contributed by atoms with van der Waals surface area (Å²) in [6.07, 6.45) is -0.404. The van der Waals surface area contributed by atoms with Gasteiger partial charge >= 0.3 is 0 Å². The fraction of sp³-hybridized carbons (Fsp3) is 1.00. The molecule has 200 valence electrons. The number of nitrogens with zero attached hydrogens (tertiary/aromatic N) is 1. The Morgan fingerprint density at radius 1 is 0.735 bits per heavy atom. The van der Waals surface area contributed by atoms with Crippen molar-refractivity contribution in [3.05, 3.63) is 0 Å². The Kier molecular flexibility index (Phi) is 11.4. The molecule has 4 unspecified atom stereocenters. The molecule has 0 saturated carbocycles. The number of hydrogen-bond donors (Lipinski definition) is 0. The largest absolute Gasteiger partial charge is 0.385 e. The van der Waals surface area contributed by atoms with Crippen molar-refractivity contribution in [1.29, 1.82) is 0 Å². The lowest BCUT2D eigenvalue weighted by atomic mass is 10.0. The summed E-state index contributed by atoms with van der Waals surface area (Å²) in [6.45, 7) is 14.9. The number of methoxy groups -OCH3 is 1. The molecule has 0 aliphatic carbocycles. The molecule has 3 rings (SSSR count). The van der Waals surface area contributed by atoms with E-state index in [0.29, 0.717) is 52.9 Å². The number of ether oxygens (including phenoxy) is 9. The maximum absolute atomic E-state index is 6.33. The monoisotopic (exact) mass is 491 g/mol. The van der Waals surface area contributed by atoms with E-state index in [-0.39, 0.29) is 12.2 Å². The van der Waals surface area contributed by atoms with E-state index in [1.54, 1.807) is 7.11 Å². The van der Waals surface area contributed by atoms with E-state index < -0.39 is 23.8 Å². The molecule has 0 spiro atoms. The number of rotatable bonds is 6. The lowest BCUT2D eigenvalue weighted by Crippen LogP contribution is -2.51. The van der Waals surface area contributed by atoms with Crippen LogP contribution in [-0.4, -0.2) is 127 Å². The molecule has 3 aliphatic rings. The zero-order valence-electron chi connectivity index (χ0n) is 21.6. The molecule has 0 bridgehead atoms. The molecule has 10 nitrogen and oxygen atoms in total. The Morgan fingerprint density at radius 2 is 1.24 bits per heavy atom. The van der Waals surface area contributed by atoms with Crippen LogP contribution >= 0.6 is 0 Å². The Hall–Kier alpha value is -0.400. The Labute approximate surface area is 204 Å². The van der Waals surface area contributed by atoms with E-state index in [1.807, 2.05) is 27.7 Å². The second-order valence-corrected chi connectivity index (χ2v) is 9.82. The van der Waals surface area contributed by atoms with Crippen LogP contribution in [0.15, 0.2) is 0 Å². The van der Waals surface area contributed by atoms with Gasteiger partial charge in [0, 0.05) is 33.4 Å². The predicted molar refractivity (Wildman–Crippen MR) is 124 cm³/mol. The molecule has 34 heavy (non-hydrogen) atoms. The molecule has 3 heterocycles. The van der Waals surface area contributed by atoms with Crippen molar-refractivity contribution in [3.8, 4) is 0 Å². The normalized spacial score (nSPS) is 34.5. The minimum Gasteiger partial charge on any atom is -0.385 e. The highest BCUT2D eigenvalue weighted by atomic mass is 16.8. The van der Waals surface area contributed by atoms with Crippen LogP contribution in [0.1, 0.15) is 34.1 Å². The molecule has 0 N–H and O–H groups in total. The molecular formula is C24H45NO9. The zero-order chi connectivity index (χ0) is 24.4. The van der Waals surface area contributed by atoms with Crippen molar-refractivity contribution in [2.24, 2.45) is 0 Å². The summed E-state index contributed by atoms with van der Waals surface area (Å²) in [4.78, 5) is 2.34. The van der Waals surface area contributed by atoms with E-state index >= 15 is 0 Å². The second kappa shape index (κ2) is 13.8. The topological polar surface area (TPSA) is 86.3 Å². The van der Waals surface area contributed by atoms with Gasteiger partial charge in [-0.1, -0.05) is 0 Å². The molecule has 0 aromatic carbocycles. The Morgan fingerprint density at radius 3 is 1.65 bits per heavy atom. The summed E-state index contributed by atoms with van der Waals surface area (Å²) < 4.78 is 53.6. The van der Waals surface area contributed by atoms with E-state index in [4.69, 9.17) is 42.6 Å². The molecule has 0 amide bonds. The van der Waals surface area contributed by atoms with Gasteiger partial charge in [0.15, 0.2) is 11.6 Å². The van der Waals surface area contributed by atoms with Gasteiger partial charge in [-0.3, -0.25) is 4.90 Å². The highest BCUT2D eigenvalue weighted by molar-refractivity contribution is 4.91. The highest BCUT2D eigenvalue weighted by Gasteiger charge is 2.48. The van der Waals surface area contributed by atoms with E-state index in [1.165, 1.54) is 0 Å². The van der Waals surface area contributed by atoms with Crippen molar-refractivity contribution >= 4 is 0 Å². The molecule has 3 saturated heterocycles. The van der Waals surface area contributed by atoms with Gasteiger partial charge in [-0.05, 0) is 34.1 Å². The first-order valence-corrected chi connectivity index (χ1v) is 12.5. The zero-order valence-corrected chi connectivity index (χ0v) is 21.6. The van der Waals surface area contributed by atoms with Gasteiger partial charge in [-0.2, -0.15) is 0 Å². The van der Waals surface area contributed by atoms with Gasteiger partial charge in [0.05, 0.1) is 52.9 Å². The quantitative estimate of drug-likeness (QED) is 0.509. The standard InChI is InChI=1S/C24H45NO9/c1-23(2)31-17-19(33-23)21-22(20-18-32-24(3,4)34-20)30-16-14-28-12-9-25(7-6-10-26-5)8-11-27-13-15-29-21/h19-22H,6-18H2,1-5H3. The van der Waals surface area contributed by atoms with Crippen LogP contribution in [0.4, 0.5) is 0 Å². The van der Waals surface area contributed by atoms with E-state index in [0.717, 1.165) is 32.7 Å². The van der Waals surface area contributed by atoms with Crippen LogP contribution in [0, 0.1) is 0 Å². The smallest absolute Gasteiger partial charge is 0.163 e. The fourth-order valence-corrected chi connectivity index (χ4v) is 4.43. The SMILES string of the molecule is COCCCN1CCOCCOC(C2COC(C)(C)O2)C(C2COC(C)(C)O2)OCCOCC1.